The van der Waals surface area contributed by atoms with E-state index in [1.165, 1.54) is 41.6 Å². The first-order chi connectivity index (χ1) is 19.2. The molecule has 0 aliphatic heterocycles. The average Bonchev–Trinajstić information content (AvgIpc) is 3.47. The van der Waals surface area contributed by atoms with Gasteiger partial charge in [-0.2, -0.15) is 31.7 Å². The molecule has 0 aliphatic rings. The summed E-state index contributed by atoms with van der Waals surface area (Å²) in [6.07, 6.45) is -4.23. The Morgan fingerprint density at radius 1 is 1.02 bits per heavy atom. The van der Waals surface area contributed by atoms with E-state index in [0.29, 0.717) is 18.0 Å². The fraction of sp³-hybridized carbons (Fsp3) is 0.208. The normalized spacial score (nSPS) is 12.8. The van der Waals surface area contributed by atoms with Crippen LogP contribution in [0.15, 0.2) is 64.7 Å². The van der Waals surface area contributed by atoms with Gasteiger partial charge in [0.15, 0.2) is 27.1 Å². The molecule has 5 aromatic rings. The van der Waals surface area contributed by atoms with Gasteiger partial charge in [-0.25, -0.2) is 32.7 Å². The van der Waals surface area contributed by atoms with Gasteiger partial charge in [0.05, 0.1) is 21.9 Å². The second-order valence-electron chi connectivity index (χ2n) is 8.73. The molecule has 0 saturated carbocycles. The number of rotatable bonds is 6. The van der Waals surface area contributed by atoms with E-state index in [-0.39, 0.29) is 39.1 Å². The van der Waals surface area contributed by atoms with Crippen molar-refractivity contribution in [3.05, 3.63) is 74.6 Å². The molecule has 4 heterocycles. The van der Waals surface area contributed by atoms with E-state index in [0.717, 1.165) is 8.25 Å². The summed E-state index contributed by atoms with van der Waals surface area (Å²) in [5.41, 5.74) is -2.26. The molecule has 0 spiro atoms. The lowest BCUT2D eigenvalue weighted by atomic mass is 10.1. The molecule has 17 heteroatoms. The molecule has 41 heavy (non-hydrogen) atoms. The largest absolute Gasteiger partial charge is 0.458 e. The highest BCUT2D eigenvalue weighted by molar-refractivity contribution is 14.1. The lowest BCUT2D eigenvalue weighted by molar-refractivity contribution is -0.289. The summed E-state index contributed by atoms with van der Waals surface area (Å²) in [5.74, 6) is -5.82. The summed E-state index contributed by atoms with van der Waals surface area (Å²) in [6.45, 7) is 1.39. The van der Waals surface area contributed by atoms with E-state index in [1.807, 2.05) is 6.07 Å². The number of aromatic nitrogens is 7. The third kappa shape index (κ3) is 4.89. The van der Waals surface area contributed by atoms with Crippen molar-refractivity contribution in [2.75, 3.05) is 5.75 Å². The molecule has 0 bridgehead atoms. The third-order valence-corrected chi connectivity index (χ3v) is 8.60. The highest BCUT2D eigenvalue weighted by Gasteiger charge is 2.59. The maximum atomic E-state index is 14.0. The zero-order valence-electron chi connectivity index (χ0n) is 20.9. The maximum absolute atomic E-state index is 14.0. The van der Waals surface area contributed by atoms with Crippen LogP contribution in [0, 0.1) is 3.57 Å². The fourth-order valence-corrected chi connectivity index (χ4v) is 5.55. The van der Waals surface area contributed by atoms with Gasteiger partial charge in [-0.15, -0.1) is 0 Å². The Morgan fingerprint density at radius 2 is 1.76 bits per heavy atom. The van der Waals surface area contributed by atoms with Gasteiger partial charge < -0.3 is 4.57 Å². The second-order valence-corrected chi connectivity index (χ2v) is 12.2. The standard InChI is InChI=1S/C24H17F5IN7O3S/c1-3-41(39,40)17-7-8-18(37-22(38)36(12-32-37)15-6-4-5-14(30)10-15)34-19(17)21-33-16-9-13(11-31-20(16)35(21)2)23(25,26)24(27,28)29/h4-12H,3H2,1-2H3. The number of aryl methyl sites for hydroxylation is 1. The van der Waals surface area contributed by atoms with Crippen molar-refractivity contribution in [2.45, 2.75) is 23.9 Å². The molecule has 10 nitrogen and oxygen atoms in total. The van der Waals surface area contributed by atoms with Gasteiger partial charge in [0, 0.05) is 16.8 Å². The smallest absolute Gasteiger partial charge is 0.310 e. The zero-order chi connectivity index (χ0) is 29.9. The molecule has 0 amide bonds. The topological polar surface area (TPSA) is 118 Å². The Kier molecular flexibility index (Phi) is 6.99. The summed E-state index contributed by atoms with van der Waals surface area (Å²) in [7, 11) is -2.58. The number of alkyl halides is 5. The zero-order valence-corrected chi connectivity index (χ0v) is 23.9. The second kappa shape index (κ2) is 9.97. The highest BCUT2D eigenvalue weighted by Crippen LogP contribution is 2.44. The number of sulfone groups is 1. The first-order valence-corrected chi connectivity index (χ1v) is 14.3. The number of fused-ring (bicyclic) bond motifs is 1. The molecule has 5 rings (SSSR count). The molecule has 0 saturated heterocycles. The van der Waals surface area contributed by atoms with E-state index in [1.54, 1.807) is 18.2 Å². The number of hydrogen-bond donors (Lipinski definition) is 0. The predicted octanol–water partition coefficient (Wildman–Crippen LogP) is 4.42. The number of halogens is 6. The summed E-state index contributed by atoms with van der Waals surface area (Å²) in [5, 5.41) is 4.09. The van der Waals surface area contributed by atoms with Crippen molar-refractivity contribution in [1.82, 2.24) is 33.9 Å². The van der Waals surface area contributed by atoms with Gasteiger partial charge in [0.2, 0.25) is 0 Å². The summed E-state index contributed by atoms with van der Waals surface area (Å²) >= 11 is 2.08. The van der Waals surface area contributed by atoms with Crippen molar-refractivity contribution in [1.29, 1.82) is 0 Å². The van der Waals surface area contributed by atoms with E-state index in [4.69, 9.17) is 0 Å². The molecular formula is C24H17F5IN7O3S. The van der Waals surface area contributed by atoms with Gasteiger partial charge in [0.25, 0.3) is 0 Å². The minimum atomic E-state index is -5.87. The molecule has 0 fully saturated rings. The van der Waals surface area contributed by atoms with Crippen LogP contribution in [0.1, 0.15) is 12.5 Å². The minimum Gasteiger partial charge on any atom is -0.310 e. The molecule has 0 N–H and O–H groups in total. The van der Waals surface area contributed by atoms with Gasteiger partial charge >= 0.3 is 17.8 Å². The Morgan fingerprint density at radius 3 is 2.41 bits per heavy atom. The number of imidazole rings is 1. The molecular weight excluding hydrogens is 688 g/mol. The van der Waals surface area contributed by atoms with Crippen LogP contribution in [0.4, 0.5) is 22.0 Å². The lowest BCUT2D eigenvalue weighted by Crippen LogP contribution is -2.33. The van der Waals surface area contributed by atoms with Crippen LogP contribution in [0.5, 0.6) is 0 Å². The third-order valence-electron chi connectivity index (χ3n) is 6.17. The fourth-order valence-electron chi connectivity index (χ4n) is 4.01. The SMILES string of the molecule is CCS(=O)(=O)c1ccc(-n2ncn(-c3cccc(I)c3)c2=O)nc1-c1nc2cc(C(F)(F)C(F)(F)F)cnc2n1C. The summed E-state index contributed by atoms with van der Waals surface area (Å²) in [6, 6.07) is 10.0. The molecule has 0 radical (unpaired) electrons. The quantitative estimate of drug-likeness (QED) is 0.190. The van der Waals surface area contributed by atoms with Crippen LogP contribution >= 0.6 is 22.6 Å². The number of nitrogens with zero attached hydrogens (tertiary/aromatic N) is 7. The number of pyridine rings is 2. The molecule has 0 unspecified atom stereocenters. The van der Waals surface area contributed by atoms with Crippen molar-refractivity contribution >= 4 is 43.6 Å². The first-order valence-electron chi connectivity index (χ1n) is 11.6. The van der Waals surface area contributed by atoms with E-state index in [9.17, 15) is 35.2 Å². The molecule has 0 aliphatic carbocycles. The molecule has 214 valence electrons. The Labute approximate surface area is 241 Å². The minimum absolute atomic E-state index is 0.0891. The van der Waals surface area contributed by atoms with Crippen LogP contribution in [-0.4, -0.2) is 54.2 Å². The Bertz CT molecular complexity index is 1980. The van der Waals surface area contributed by atoms with Crippen LogP contribution in [0.2, 0.25) is 0 Å². The van der Waals surface area contributed by atoms with Crippen LogP contribution < -0.4 is 5.69 Å². The van der Waals surface area contributed by atoms with Gasteiger partial charge in [-0.3, -0.25) is 0 Å². The highest BCUT2D eigenvalue weighted by atomic mass is 127. The average molecular weight is 705 g/mol. The maximum Gasteiger partial charge on any atom is 0.458 e. The number of hydrogen-bond acceptors (Lipinski definition) is 7. The van der Waals surface area contributed by atoms with Crippen LogP contribution in [0.25, 0.3) is 34.2 Å². The molecule has 1 aromatic carbocycles. The van der Waals surface area contributed by atoms with Crippen LogP contribution in [0.3, 0.4) is 0 Å². The Balaban J connectivity index is 1.70. The first kappa shape index (κ1) is 28.8. The van der Waals surface area contributed by atoms with Crippen molar-refractivity contribution < 1.29 is 30.4 Å². The summed E-state index contributed by atoms with van der Waals surface area (Å²) < 4.78 is 96.9. The van der Waals surface area contributed by atoms with Gasteiger partial charge in [-0.1, -0.05) is 13.0 Å². The summed E-state index contributed by atoms with van der Waals surface area (Å²) in [4.78, 5) is 25.1. The Hall–Kier alpha value is -3.74. The van der Waals surface area contributed by atoms with E-state index in [2.05, 4.69) is 42.6 Å². The lowest BCUT2D eigenvalue weighted by Gasteiger charge is -2.19. The van der Waals surface area contributed by atoms with E-state index >= 15 is 0 Å². The van der Waals surface area contributed by atoms with Crippen molar-refractivity contribution in [2.24, 2.45) is 7.05 Å². The predicted molar refractivity (Wildman–Crippen MR) is 145 cm³/mol. The van der Waals surface area contributed by atoms with Gasteiger partial charge in [0.1, 0.15) is 17.5 Å². The number of benzene rings is 1. The molecule has 0 atom stereocenters. The van der Waals surface area contributed by atoms with Crippen LogP contribution in [-0.2, 0) is 22.8 Å². The van der Waals surface area contributed by atoms with Crippen molar-refractivity contribution in [3.63, 3.8) is 0 Å². The van der Waals surface area contributed by atoms with Crippen molar-refractivity contribution in [3.8, 4) is 23.0 Å². The van der Waals surface area contributed by atoms with Gasteiger partial charge in [-0.05, 0) is 59.0 Å². The van der Waals surface area contributed by atoms with E-state index < -0.39 is 33.2 Å². The monoisotopic (exact) mass is 705 g/mol. The molecule has 4 aromatic heterocycles.